The van der Waals surface area contributed by atoms with Crippen molar-refractivity contribution >= 4 is 11.9 Å². The molecule has 0 amide bonds. The molecule has 1 aromatic heterocycles. The lowest BCUT2D eigenvalue weighted by atomic mass is 9.81. The number of fused-ring (bicyclic) bond motifs is 1. The second-order valence-corrected chi connectivity index (χ2v) is 6.64. The normalized spacial score (nSPS) is 13.7. The van der Waals surface area contributed by atoms with E-state index in [4.69, 9.17) is 0 Å². The number of hydrogen-bond acceptors (Lipinski definition) is 0. The number of para-hydroxylation sites is 1. The van der Waals surface area contributed by atoms with E-state index in [-0.39, 0.29) is 5.41 Å². The molecule has 0 spiro atoms. The molecule has 0 unspecified atom stereocenters. The summed E-state index contributed by atoms with van der Waals surface area (Å²) in [6, 6.07) is 25.8. The van der Waals surface area contributed by atoms with Crippen LogP contribution in [-0.2, 0) is 12.1 Å². The van der Waals surface area contributed by atoms with Gasteiger partial charge in [-0.15, -0.1) is 0 Å². The first-order valence-electron chi connectivity index (χ1n) is 8.08. The Hall–Kier alpha value is -2.61. The van der Waals surface area contributed by atoms with E-state index in [0.717, 1.165) is 6.67 Å². The molecule has 0 aliphatic carbocycles. The van der Waals surface area contributed by atoms with Crippen molar-refractivity contribution in [1.29, 1.82) is 0 Å². The Morgan fingerprint density at radius 1 is 0.826 bits per heavy atom. The van der Waals surface area contributed by atoms with Crippen molar-refractivity contribution in [2.45, 2.75) is 25.9 Å². The minimum Gasteiger partial charge on any atom is -0.283 e. The second kappa shape index (κ2) is 5.24. The maximum absolute atomic E-state index is 2.42. The third kappa shape index (κ3) is 2.31. The van der Waals surface area contributed by atoms with Crippen LogP contribution in [0.4, 0.5) is 5.69 Å². The van der Waals surface area contributed by atoms with Gasteiger partial charge in [-0.1, -0.05) is 62.4 Å². The summed E-state index contributed by atoms with van der Waals surface area (Å²) in [5, 5.41) is 0. The van der Waals surface area contributed by atoms with E-state index in [1.54, 1.807) is 0 Å². The maximum Gasteiger partial charge on any atom is 0.228 e. The summed E-state index contributed by atoms with van der Waals surface area (Å²) < 4.78 is 4.72. The summed E-state index contributed by atoms with van der Waals surface area (Å²) in [4.78, 5) is 0. The molecule has 0 bridgehead atoms. The van der Waals surface area contributed by atoms with Crippen LogP contribution in [0.15, 0.2) is 72.8 Å². The van der Waals surface area contributed by atoms with Gasteiger partial charge in [0.1, 0.15) is 5.69 Å². The molecule has 2 aromatic carbocycles. The van der Waals surface area contributed by atoms with Crippen LogP contribution in [0.3, 0.4) is 0 Å². The summed E-state index contributed by atoms with van der Waals surface area (Å²) in [5.74, 6) is 0. The van der Waals surface area contributed by atoms with Gasteiger partial charge in [-0.05, 0) is 17.7 Å². The summed E-state index contributed by atoms with van der Waals surface area (Å²) in [5.41, 5.74) is 5.19. The van der Waals surface area contributed by atoms with Gasteiger partial charge in [0.25, 0.3) is 0 Å². The van der Waals surface area contributed by atoms with Crippen LogP contribution in [0.1, 0.15) is 30.8 Å². The number of aromatic nitrogens is 1. The fourth-order valence-corrected chi connectivity index (χ4v) is 3.43. The zero-order chi connectivity index (χ0) is 15.9. The monoisotopic (exact) mass is 301 g/mol. The van der Waals surface area contributed by atoms with Gasteiger partial charge < -0.3 is 0 Å². The van der Waals surface area contributed by atoms with E-state index in [1.807, 2.05) is 0 Å². The molecule has 4 rings (SSSR count). The van der Waals surface area contributed by atoms with Gasteiger partial charge >= 0.3 is 0 Å². The third-order valence-electron chi connectivity index (χ3n) is 4.82. The molecule has 1 aliphatic heterocycles. The van der Waals surface area contributed by atoms with E-state index < -0.39 is 0 Å². The molecule has 0 saturated carbocycles. The Morgan fingerprint density at radius 2 is 1.48 bits per heavy atom. The van der Waals surface area contributed by atoms with Gasteiger partial charge in [0.15, 0.2) is 6.21 Å². The van der Waals surface area contributed by atoms with Crippen LogP contribution in [0, 0.1) is 0 Å². The van der Waals surface area contributed by atoms with Crippen molar-refractivity contribution < 1.29 is 4.58 Å². The van der Waals surface area contributed by atoms with Crippen LogP contribution in [0.2, 0.25) is 0 Å². The van der Waals surface area contributed by atoms with Crippen molar-refractivity contribution in [3.63, 3.8) is 0 Å². The van der Waals surface area contributed by atoms with Crippen molar-refractivity contribution in [2.24, 2.45) is 0 Å². The van der Waals surface area contributed by atoms with E-state index in [1.165, 1.54) is 22.6 Å². The lowest BCUT2D eigenvalue weighted by Gasteiger charge is -2.26. The van der Waals surface area contributed by atoms with Crippen LogP contribution in [0.25, 0.3) is 0 Å². The first-order chi connectivity index (χ1) is 11.2. The van der Waals surface area contributed by atoms with Crippen LogP contribution < -0.4 is 0 Å². The smallest absolute Gasteiger partial charge is 0.228 e. The highest BCUT2D eigenvalue weighted by Crippen LogP contribution is 2.34. The number of hydrogen-bond donors (Lipinski definition) is 0. The topological polar surface area (TPSA) is 7.94 Å². The van der Waals surface area contributed by atoms with Gasteiger partial charge in [0.05, 0.1) is 0 Å². The zero-order valence-electron chi connectivity index (χ0n) is 13.6. The Kier molecular flexibility index (Phi) is 3.19. The molecule has 2 heteroatoms. The summed E-state index contributed by atoms with van der Waals surface area (Å²) in [6.45, 7) is 5.48. The van der Waals surface area contributed by atoms with Crippen molar-refractivity contribution in [1.82, 2.24) is 4.57 Å². The molecule has 0 fully saturated rings. The Labute approximate surface area is 137 Å². The van der Waals surface area contributed by atoms with E-state index in [2.05, 4.69) is 102 Å². The van der Waals surface area contributed by atoms with Crippen LogP contribution >= 0.6 is 0 Å². The minimum atomic E-state index is -0.0138. The highest BCUT2D eigenvalue weighted by molar-refractivity contribution is 5.76. The standard InChI is InChI=1S/C21H21N2/c1-21(2,17-9-5-3-6-10-17)20-14-13-19-15-22(16-23(19)20)18-11-7-4-8-12-18/h3-15H,16H2,1-2H3/q+1. The predicted molar refractivity (Wildman–Crippen MR) is 94.5 cm³/mol. The van der Waals surface area contributed by atoms with Gasteiger partial charge in [-0.3, -0.25) is 4.57 Å². The van der Waals surface area contributed by atoms with Gasteiger partial charge in [-0.2, -0.15) is 4.58 Å². The predicted octanol–water partition coefficient (Wildman–Crippen LogP) is 4.55. The van der Waals surface area contributed by atoms with Crippen LogP contribution in [0.5, 0.6) is 0 Å². The highest BCUT2D eigenvalue weighted by Gasteiger charge is 2.31. The molecular formula is C21H21N2+. The first kappa shape index (κ1) is 14.0. The minimum absolute atomic E-state index is 0.0138. The molecule has 0 radical (unpaired) electrons. The van der Waals surface area contributed by atoms with Gasteiger partial charge in [0.2, 0.25) is 12.4 Å². The fraction of sp³-hybridized carbons (Fsp3) is 0.190. The molecule has 0 atom stereocenters. The fourth-order valence-electron chi connectivity index (χ4n) is 3.43. The van der Waals surface area contributed by atoms with Crippen molar-refractivity contribution in [2.75, 3.05) is 0 Å². The average Bonchev–Trinajstić information content (AvgIpc) is 3.17. The first-order valence-corrected chi connectivity index (χ1v) is 8.08. The maximum atomic E-state index is 2.42. The molecule has 0 saturated heterocycles. The summed E-state index contributed by atoms with van der Waals surface area (Å²) >= 11 is 0. The van der Waals surface area contributed by atoms with Gasteiger partial charge in [0, 0.05) is 23.2 Å². The SMILES string of the molecule is CC(C)(c1ccccc1)c1ccc2n1C[N+](c1ccccc1)=C2. The van der Waals surface area contributed by atoms with Crippen molar-refractivity contribution in [3.8, 4) is 0 Å². The second-order valence-electron chi connectivity index (χ2n) is 6.64. The van der Waals surface area contributed by atoms with E-state index >= 15 is 0 Å². The van der Waals surface area contributed by atoms with E-state index in [0.29, 0.717) is 0 Å². The number of rotatable bonds is 3. The molecule has 2 heterocycles. The van der Waals surface area contributed by atoms with Gasteiger partial charge in [-0.25, -0.2) is 0 Å². The molecule has 3 aromatic rings. The summed E-state index contributed by atoms with van der Waals surface area (Å²) in [7, 11) is 0. The Morgan fingerprint density at radius 3 is 2.17 bits per heavy atom. The van der Waals surface area contributed by atoms with Crippen LogP contribution in [-0.4, -0.2) is 15.4 Å². The molecule has 1 aliphatic rings. The Bertz CT molecular complexity index is 855. The quantitative estimate of drug-likeness (QED) is 0.627. The number of nitrogens with zero attached hydrogens (tertiary/aromatic N) is 2. The largest absolute Gasteiger partial charge is 0.283 e. The van der Waals surface area contributed by atoms with Crippen molar-refractivity contribution in [3.05, 3.63) is 89.7 Å². The molecule has 114 valence electrons. The average molecular weight is 301 g/mol. The number of benzene rings is 2. The molecule has 2 nitrogen and oxygen atoms in total. The molecule has 0 N–H and O–H groups in total. The molecule has 23 heavy (non-hydrogen) atoms. The third-order valence-corrected chi connectivity index (χ3v) is 4.82. The molecular weight excluding hydrogens is 280 g/mol. The lowest BCUT2D eigenvalue weighted by molar-refractivity contribution is -0.463. The van der Waals surface area contributed by atoms with E-state index in [9.17, 15) is 0 Å². The zero-order valence-corrected chi connectivity index (χ0v) is 13.6. The highest BCUT2D eigenvalue weighted by atomic mass is 15.2. The lowest BCUT2D eigenvalue weighted by Crippen LogP contribution is -2.24. The summed E-state index contributed by atoms with van der Waals surface area (Å²) in [6.07, 6.45) is 2.24. The Balaban J connectivity index is 1.71.